The smallest absolute Gasteiger partial charge is 0.227 e. The summed E-state index contributed by atoms with van der Waals surface area (Å²) in [6.07, 6.45) is 3.29. The summed E-state index contributed by atoms with van der Waals surface area (Å²) in [7, 11) is 1.77. The minimum atomic E-state index is 0.206. The van der Waals surface area contributed by atoms with Crippen molar-refractivity contribution < 1.29 is 4.79 Å². The van der Waals surface area contributed by atoms with Crippen LogP contribution in [0, 0.1) is 0 Å². The Morgan fingerprint density at radius 3 is 2.85 bits per heavy atom. The number of benzene rings is 1. The van der Waals surface area contributed by atoms with Gasteiger partial charge in [-0.1, -0.05) is 24.3 Å². The molecule has 2 heterocycles. The summed E-state index contributed by atoms with van der Waals surface area (Å²) in [4.78, 5) is 20.0. The molecule has 1 aliphatic rings. The summed E-state index contributed by atoms with van der Waals surface area (Å²) in [6.45, 7) is 2.39. The van der Waals surface area contributed by atoms with E-state index in [2.05, 4.69) is 39.2 Å². The molecule has 1 aromatic carbocycles. The summed E-state index contributed by atoms with van der Waals surface area (Å²) in [5.41, 5.74) is 2.35. The SMILES string of the molecule is CN=C(NCCCC(=O)N1CCc2ccccc21)NCCc1cccs1. The van der Waals surface area contributed by atoms with Gasteiger partial charge in [0.15, 0.2) is 5.96 Å². The van der Waals surface area contributed by atoms with E-state index in [1.807, 2.05) is 23.1 Å². The fourth-order valence-corrected chi connectivity index (χ4v) is 3.87. The lowest BCUT2D eigenvalue weighted by Crippen LogP contribution is -2.39. The average Bonchev–Trinajstić information content (AvgIpc) is 3.33. The Labute approximate surface area is 159 Å². The monoisotopic (exact) mass is 370 g/mol. The second-order valence-corrected chi connectivity index (χ2v) is 7.32. The van der Waals surface area contributed by atoms with Crippen LogP contribution in [0.15, 0.2) is 46.8 Å². The van der Waals surface area contributed by atoms with Crippen LogP contribution in [0.2, 0.25) is 0 Å². The second kappa shape index (κ2) is 9.38. The maximum absolute atomic E-state index is 12.5. The molecule has 0 unspecified atom stereocenters. The average molecular weight is 371 g/mol. The van der Waals surface area contributed by atoms with Crippen molar-refractivity contribution in [2.24, 2.45) is 4.99 Å². The number of para-hydroxylation sites is 1. The molecule has 138 valence electrons. The molecule has 0 saturated carbocycles. The number of nitrogens with one attached hydrogen (secondary N) is 2. The molecule has 2 N–H and O–H groups in total. The molecule has 0 bridgehead atoms. The molecule has 6 heteroatoms. The molecule has 3 rings (SSSR count). The lowest BCUT2D eigenvalue weighted by molar-refractivity contribution is -0.118. The van der Waals surface area contributed by atoms with Crippen LogP contribution in [-0.4, -0.2) is 38.5 Å². The van der Waals surface area contributed by atoms with Crippen molar-refractivity contribution in [3.8, 4) is 0 Å². The first kappa shape index (κ1) is 18.5. The number of thiophene rings is 1. The van der Waals surface area contributed by atoms with Gasteiger partial charge in [-0.05, 0) is 42.3 Å². The van der Waals surface area contributed by atoms with E-state index in [1.165, 1.54) is 10.4 Å². The Bertz CT molecular complexity index is 742. The molecule has 2 aromatic rings. The lowest BCUT2D eigenvalue weighted by Gasteiger charge is -2.17. The number of carbonyl (C=O) groups is 1. The number of guanidine groups is 1. The maximum atomic E-state index is 12.5. The predicted molar refractivity (Wildman–Crippen MR) is 109 cm³/mol. The van der Waals surface area contributed by atoms with E-state index in [0.717, 1.165) is 50.5 Å². The molecular weight excluding hydrogens is 344 g/mol. The molecule has 26 heavy (non-hydrogen) atoms. The molecule has 0 atom stereocenters. The van der Waals surface area contributed by atoms with Gasteiger partial charge in [-0.15, -0.1) is 11.3 Å². The van der Waals surface area contributed by atoms with Gasteiger partial charge in [-0.3, -0.25) is 9.79 Å². The van der Waals surface area contributed by atoms with Gasteiger partial charge in [0, 0.05) is 43.7 Å². The Morgan fingerprint density at radius 2 is 2.04 bits per heavy atom. The number of amides is 1. The van der Waals surface area contributed by atoms with E-state index in [0.29, 0.717) is 6.42 Å². The predicted octanol–water partition coefficient (Wildman–Crippen LogP) is 2.83. The van der Waals surface area contributed by atoms with Crippen molar-refractivity contribution in [2.45, 2.75) is 25.7 Å². The van der Waals surface area contributed by atoms with Gasteiger partial charge in [-0.2, -0.15) is 0 Å². The lowest BCUT2D eigenvalue weighted by atomic mass is 10.2. The minimum absolute atomic E-state index is 0.206. The Morgan fingerprint density at radius 1 is 1.19 bits per heavy atom. The normalized spacial score (nSPS) is 13.6. The maximum Gasteiger partial charge on any atom is 0.227 e. The summed E-state index contributed by atoms with van der Waals surface area (Å²) in [6, 6.07) is 12.4. The molecule has 1 aliphatic heterocycles. The number of hydrogen-bond acceptors (Lipinski definition) is 3. The standard InChI is InChI=1S/C20H26N4OS/c1-21-20(23-13-10-17-7-5-15-26-17)22-12-4-9-19(25)24-14-11-16-6-2-3-8-18(16)24/h2-3,5-8,15H,4,9-14H2,1H3,(H2,21,22,23). The van der Waals surface area contributed by atoms with Gasteiger partial charge < -0.3 is 15.5 Å². The molecule has 0 saturated heterocycles. The van der Waals surface area contributed by atoms with Crippen molar-refractivity contribution in [3.63, 3.8) is 0 Å². The van der Waals surface area contributed by atoms with Crippen LogP contribution in [0.5, 0.6) is 0 Å². The topological polar surface area (TPSA) is 56.7 Å². The van der Waals surface area contributed by atoms with Crippen molar-refractivity contribution in [1.82, 2.24) is 10.6 Å². The third-order valence-electron chi connectivity index (χ3n) is 4.52. The highest BCUT2D eigenvalue weighted by Crippen LogP contribution is 2.27. The summed E-state index contributed by atoms with van der Waals surface area (Å²) >= 11 is 1.77. The molecule has 1 amide bonds. The third-order valence-corrected chi connectivity index (χ3v) is 5.45. The molecule has 1 aromatic heterocycles. The zero-order valence-corrected chi connectivity index (χ0v) is 16.0. The van der Waals surface area contributed by atoms with Crippen LogP contribution in [-0.2, 0) is 17.6 Å². The first-order chi connectivity index (χ1) is 12.8. The highest BCUT2D eigenvalue weighted by atomic mass is 32.1. The van der Waals surface area contributed by atoms with Crippen LogP contribution in [0.3, 0.4) is 0 Å². The number of nitrogens with zero attached hydrogens (tertiary/aromatic N) is 2. The van der Waals surface area contributed by atoms with Crippen LogP contribution in [0.25, 0.3) is 0 Å². The van der Waals surface area contributed by atoms with Crippen molar-refractivity contribution in [2.75, 3.05) is 31.6 Å². The summed E-state index contributed by atoms with van der Waals surface area (Å²) < 4.78 is 0. The van der Waals surface area contributed by atoms with E-state index in [-0.39, 0.29) is 5.91 Å². The van der Waals surface area contributed by atoms with E-state index in [4.69, 9.17) is 0 Å². The fraction of sp³-hybridized carbons (Fsp3) is 0.400. The van der Waals surface area contributed by atoms with Crippen LogP contribution in [0.4, 0.5) is 5.69 Å². The Hall–Kier alpha value is -2.34. The zero-order valence-electron chi connectivity index (χ0n) is 15.2. The fourth-order valence-electron chi connectivity index (χ4n) is 3.16. The molecule has 0 fully saturated rings. The number of aliphatic imine (C=N–C) groups is 1. The highest BCUT2D eigenvalue weighted by molar-refractivity contribution is 7.09. The minimum Gasteiger partial charge on any atom is -0.356 e. The van der Waals surface area contributed by atoms with Gasteiger partial charge in [0.1, 0.15) is 0 Å². The Kier molecular flexibility index (Phi) is 6.66. The largest absolute Gasteiger partial charge is 0.356 e. The van der Waals surface area contributed by atoms with Gasteiger partial charge in [0.2, 0.25) is 5.91 Å². The highest BCUT2D eigenvalue weighted by Gasteiger charge is 2.23. The number of carbonyl (C=O) groups excluding carboxylic acids is 1. The van der Waals surface area contributed by atoms with Crippen LogP contribution in [0.1, 0.15) is 23.3 Å². The first-order valence-electron chi connectivity index (χ1n) is 9.13. The number of fused-ring (bicyclic) bond motifs is 1. The van der Waals surface area contributed by atoms with E-state index < -0.39 is 0 Å². The Balaban J connectivity index is 1.34. The quantitative estimate of drug-likeness (QED) is 0.448. The molecule has 0 radical (unpaired) electrons. The summed E-state index contributed by atoms with van der Waals surface area (Å²) in [5, 5.41) is 8.70. The van der Waals surface area contributed by atoms with E-state index in [9.17, 15) is 4.79 Å². The van der Waals surface area contributed by atoms with Crippen molar-refractivity contribution >= 4 is 28.9 Å². The van der Waals surface area contributed by atoms with Gasteiger partial charge >= 0.3 is 0 Å². The zero-order chi connectivity index (χ0) is 18.2. The van der Waals surface area contributed by atoms with E-state index in [1.54, 1.807) is 18.4 Å². The van der Waals surface area contributed by atoms with Gasteiger partial charge in [-0.25, -0.2) is 0 Å². The number of rotatable bonds is 7. The molecule has 5 nitrogen and oxygen atoms in total. The van der Waals surface area contributed by atoms with Crippen molar-refractivity contribution in [1.29, 1.82) is 0 Å². The van der Waals surface area contributed by atoms with Crippen molar-refractivity contribution in [3.05, 3.63) is 52.2 Å². The third kappa shape index (κ3) is 4.85. The molecule has 0 spiro atoms. The van der Waals surface area contributed by atoms with Gasteiger partial charge in [0.05, 0.1) is 0 Å². The summed E-state index contributed by atoms with van der Waals surface area (Å²) in [5.74, 6) is 0.998. The van der Waals surface area contributed by atoms with Crippen LogP contribution >= 0.6 is 11.3 Å². The van der Waals surface area contributed by atoms with Crippen LogP contribution < -0.4 is 15.5 Å². The number of hydrogen-bond donors (Lipinski definition) is 2. The second-order valence-electron chi connectivity index (χ2n) is 6.28. The first-order valence-corrected chi connectivity index (χ1v) is 10.0. The number of anilines is 1. The molecular formula is C20H26N4OS. The molecule has 0 aliphatic carbocycles. The van der Waals surface area contributed by atoms with Gasteiger partial charge in [0.25, 0.3) is 0 Å². The van der Waals surface area contributed by atoms with E-state index >= 15 is 0 Å².